The largest absolute Gasteiger partial charge is 0.490 e. The molecule has 0 bridgehead atoms. The molecule has 0 aliphatic carbocycles. The number of nitrogens with zero attached hydrogens (tertiary/aromatic N) is 2. The van der Waals surface area contributed by atoms with E-state index < -0.39 is 0 Å². The van der Waals surface area contributed by atoms with Gasteiger partial charge in [-0.05, 0) is 51.0 Å². The summed E-state index contributed by atoms with van der Waals surface area (Å²) in [6, 6.07) is 6.27. The van der Waals surface area contributed by atoms with Gasteiger partial charge in [0.25, 0.3) is 0 Å². The SMILES string of the molecule is CCOc1ccc(SN2CCN(C)CC2)c2cc(C)oc12. The van der Waals surface area contributed by atoms with Crippen molar-refractivity contribution in [2.75, 3.05) is 39.8 Å². The topological polar surface area (TPSA) is 28.9 Å². The van der Waals surface area contributed by atoms with Crippen LogP contribution in [-0.4, -0.2) is 49.0 Å². The smallest absolute Gasteiger partial charge is 0.177 e. The molecule has 1 aliphatic heterocycles. The molecule has 4 nitrogen and oxygen atoms in total. The van der Waals surface area contributed by atoms with Gasteiger partial charge in [-0.15, -0.1) is 0 Å². The number of benzene rings is 1. The Morgan fingerprint density at radius 1 is 1.24 bits per heavy atom. The molecule has 0 radical (unpaired) electrons. The Morgan fingerprint density at radius 3 is 2.71 bits per heavy atom. The molecule has 1 fully saturated rings. The average molecular weight is 306 g/mol. The van der Waals surface area contributed by atoms with Gasteiger partial charge in [0.15, 0.2) is 11.3 Å². The monoisotopic (exact) mass is 306 g/mol. The second-order valence-electron chi connectivity index (χ2n) is 5.42. The number of hydrogen-bond donors (Lipinski definition) is 0. The number of aryl methyl sites for hydroxylation is 1. The fourth-order valence-corrected chi connectivity index (χ4v) is 3.57. The lowest BCUT2D eigenvalue weighted by atomic mass is 10.2. The van der Waals surface area contributed by atoms with Gasteiger partial charge in [-0.1, -0.05) is 0 Å². The molecule has 1 aromatic carbocycles. The maximum atomic E-state index is 5.83. The van der Waals surface area contributed by atoms with Gasteiger partial charge in [0.2, 0.25) is 0 Å². The van der Waals surface area contributed by atoms with Crippen LogP contribution in [0.15, 0.2) is 27.5 Å². The highest BCUT2D eigenvalue weighted by molar-refractivity contribution is 7.97. The normalized spacial score (nSPS) is 17.5. The first-order valence-electron chi connectivity index (χ1n) is 7.45. The van der Waals surface area contributed by atoms with Crippen molar-refractivity contribution in [3.05, 3.63) is 24.0 Å². The number of furan rings is 1. The summed E-state index contributed by atoms with van der Waals surface area (Å²) in [7, 11) is 2.18. The van der Waals surface area contributed by atoms with E-state index in [1.54, 1.807) is 0 Å². The predicted octanol–water partition coefficient (Wildman–Crippen LogP) is 3.39. The maximum Gasteiger partial charge on any atom is 0.177 e. The molecule has 0 spiro atoms. The van der Waals surface area contributed by atoms with E-state index >= 15 is 0 Å². The van der Waals surface area contributed by atoms with Crippen LogP contribution in [0.2, 0.25) is 0 Å². The van der Waals surface area contributed by atoms with Crippen LogP contribution in [0.3, 0.4) is 0 Å². The molecule has 1 aliphatic rings. The van der Waals surface area contributed by atoms with Gasteiger partial charge in [-0.3, -0.25) is 0 Å². The molecule has 3 rings (SSSR count). The van der Waals surface area contributed by atoms with E-state index in [1.165, 1.54) is 4.90 Å². The predicted molar refractivity (Wildman–Crippen MR) is 87.0 cm³/mol. The molecule has 5 heteroatoms. The molecule has 1 aromatic heterocycles. The second kappa shape index (κ2) is 6.30. The lowest BCUT2D eigenvalue weighted by Gasteiger charge is -2.31. The molecule has 114 valence electrons. The van der Waals surface area contributed by atoms with Gasteiger partial charge >= 0.3 is 0 Å². The second-order valence-corrected chi connectivity index (χ2v) is 6.56. The van der Waals surface area contributed by atoms with Gasteiger partial charge in [-0.25, -0.2) is 4.31 Å². The van der Waals surface area contributed by atoms with Crippen molar-refractivity contribution in [3.8, 4) is 5.75 Å². The average Bonchev–Trinajstić information content (AvgIpc) is 2.86. The van der Waals surface area contributed by atoms with Crippen LogP contribution in [-0.2, 0) is 0 Å². The molecule has 2 aromatic rings. The number of likely N-dealkylation sites (N-methyl/N-ethyl adjacent to an activating group) is 1. The molecule has 0 saturated carbocycles. The van der Waals surface area contributed by atoms with Crippen LogP contribution in [0.1, 0.15) is 12.7 Å². The van der Waals surface area contributed by atoms with Gasteiger partial charge in [0.1, 0.15) is 5.76 Å². The highest BCUT2D eigenvalue weighted by Gasteiger charge is 2.18. The van der Waals surface area contributed by atoms with Gasteiger partial charge < -0.3 is 14.1 Å². The van der Waals surface area contributed by atoms with Crippen LogP contribution in [0.25, 0.3) is 11.0 Å². The lowest BCUT2D eigenvalue weighted by Crippen LogP contribution is -2.40. The Morgan fingerprint density at radius 2 is 2.00 bits per heavy atom. The van der Waals surface area contributed by atoms with E-state index in [0.717, 1.165) is 48.7 Å². The van der Waals surface area contributed by atoms with E-state index in [0.29, 0.717) is 6.61 Å². The zero-order chi connectivity index (χ0) is 14.8. The van der Waals surface area contributed by atoms with Crippen molar-refractivity contribution in [1.82, 2.24) is 9.21 Å². The minimum atomic E-state index is 0.653. The van der Waals surface area contributed by atoms with E-state index in [-0.39, 0.29) is 0 Å². The molecular formula is C16H22N2O2S. The first kappa shape index (κ1) is 14.8. The highest BCUT2D eigenvalue weighted by atomic mass is 32.2. The molecule has 0 unspecified atom stereocenters. The Kier molecular flexibility index (Phi) is 4.42. The zero-order valence-corrected chi connectivity index (χ0v) is 13.7. The molecule has 0 N–H and O–H groups in total. The van der Waals surface area contributed by atoms with Crippen LogP contribution >= 0.6 is 11.9 Å². The standard InChI is InChI=1S/C16H22N2O2S/c1-4-19-14-5-6-15(13-11-12(2)20-16(13)14)21-18-9-7-17(3)8-10-18/h5-6,11H,4,7-10H2,1-3H3. The van der Waals surface area contributed by atoms with Gasteiger partial charge in [0.05, 0.1) is 6.61 Å². The Balaban J connectivity index is 1.87. The van der Waals surface area contributed by atoms with Crippen molar-refractivity contribution >= 4 is 22.9 Å². The van der Waals surface area contributed by atoms with E-state index in [9.17, 15) is 0 Å². The summed E-state index contributed by atoms with van der Waals surface area (Å²) in [4.78, 5) is 3.61. The summed E-state index contributed by atoms with van der Waals surface area (Å²) >= 11 is 1.83. The number of fused-ring (bicyclic) bond motifs is 1. The first-order chi connectivity index (χ1) is 10.2. The molecule has 2 heterocycles. The summed E-state index contributed by atoms with van der Waals surface area (Å²) in [6.07, 6.45) is 0. The minimum absolute atomic E-state index is 0.653. The Labute approximate surface area is 130 Å². The summed E-state index contributed by atoms with van der Waals surface area (Å²) in [5.41, 5.74) is 0.869. The third-order valence-corrected chi connectivity index (χ3v) is 4.90. The van der Waals surface area contributed by atoms with Gasteiger partial charge in [-0.2, -0.15) is 0 Å². The number of rotatable bonds is 4. The Bertz CT molecular complexity index is 618. The maximum absolute atomic E-state index is 5.83. The van der Waals surface area contributed by atoms with Crippen LogP contribution < -0.4 is 4.74 Å². The van der Waals surface area contributed by atoms with Crippen molar-refractivity contribution in [2.24, 2.45) is 0 Å². The van der Waals surface area contributed by atoms with E-state index in [4.69, 9.17) is 9.15 Å². The lowest BCUT2D eigenvalue weighted by molar-refractivity contribution is 0.233. The van der Waals surface area contributed by atoms with Crippen LogP contribution in [0, 0.1) is 6.92 Å². The zero-order valence-electron chi connectivity index (χ0n) is 12.9. The summed E-state index contributed by atoms with van der Waals surface area (Å²) in [6.45, 7) is 9.06. The molecular weight excluding hydrogens is 284 g/mol. The van der Waals surface area contributed by atoms with Crippen LogP contribution in [0.5, 0.6) is 5.75 Å². The van der Waals surface area contributed by atoms with Crippen molar-refractivity contribution in [1.29, 1.82) is 0 Å². The summed E-state index contributed by atoms with van der Waals surface area (Å²) < 4.78 is 13.9. The number of piperazine rings is 1. The quantitative estimate of drug-likeness (QED) is 0.808. The van der Waals surface area contributed by atoms with Crippen molar-refractivity contribution < 1.29 is 9.15 Å². The minimum Gasteiger partial charge on any atom is -0.490 e. The number of ether oxygens (including phenoxy) is 1. The van der Waals surface area contributed by atoms with Crippen molar-refractivity contribution in [3.63, 3.8) is 0 Å². The molecule has 0 atom stereocenters. The third-order valence-electron chi connectivity index (χ3n) is 3.72. The highest BCUT2D eigenvalue weighted by Crippen LogP contribution is 2.37. The fraction of sp³-hybridized carbons (Fsp3) is 0.500. The van der Waals surface area contributed by atoms with Gasteiger partial charge in [0, 0.05) is 36.5 Å². The van der Waals surface area contributed by atoms with Crippen LogP contribution in [0.4, 0.5) is 0 Å². The van der Waals surface area contributed by atoms with Crippen molar-refractivity contribution in [2.45, 2.75) is 18.7 Å². The molecule has 0 amide bonds. The molecule has 1 saturated heterocycles. The van der Waals surface area contributed by atoms with E-state index in [2.05, 4.69) is 28.4 Å². The molecule has 21 heavy (non-hydrogen) atoms. The summed E-state index contributed by atoms with van der Waals surface area (Å²) in [5, 5.41) is 1.15. The third kappa shape index (κ3) is 3.20. The first-order valence-corrected chi connectivity index (χ1v) is 8.22. The summed E-state index contributed by atoms with van der Waals surface area (Å²) in [5.74, 6) is 1.76. The number of hydrogen-bond acceptors (Lipinski definition) is 5. The fourth-order valence-electron chi connectivity index (χ4n) is 2.56. The Hall–Kier alpha value is -1.17. The van der Waals surface area contributed by atoms with E-state index in [1.807, 2.05) is 31.9 Å².